The van der Waals surface area contributed by atoms with Crippen LogP contribution in [-0.4, -0.2) is 116 Å². The lowest BCUT2D eigenvalue weighted by atomic mass is 9.98. The molecule has 38 heavy (non-hydrogen) atoms. The molecule has 0 bridgehead atoms. The van der Waals surface area contributed by atoms with Crippen molar-refractivity contribution in [2.24, 2.45) is 0 Å². The van der Waals surface area contributed by atoms with E-state index in [2.05, 4.69) is 6.92 Å². The van der Waals surface area contributed by atoms with E-state index in [1.54, 1.807) is 0 Å². The van der Waals surface area contributed by atoms with Crippen LogP contribution in [-0.2, 0) is 23.7 Å². The maximum atomic E-state index is 12.4. The van der Waals surface area contributed by atoms with Crippen molar-refractivity contribution in [2.75, 3.05) is 13.2 Å². The Balaban J connectivity index is 1.79. The van der Waals surface area contributed by atoms with Crippen molar-refractivity contribution < 1.29 is 59.5 Å². The summed E-state index contributed by atoms with van der Waals surface area (Å²) >= 11 is 0. The number of esters is 1. The first-order chi connectivity index (χ1) is 18.2. The van der Waals surface area contributed by atoms with Gasteiger partial charge in [0.05, 0.1) is 13.2 Å². The lowest BCUT2D eigenvalue weighted by Gasteiger charge is -2.45. The largest absolute Gasteiger partial charge is 0.456 e. The molecule has 7 N–H and O–H groups in total. The van der Waals surface area contributed by atoms with Crippen LogP contribution in [0.1, 0.15) is 84.0 Å². The van der Waals surface area contributed by atoms with E-state index in [9.17, 15) is 40.5 Å². The van der Waals surface area contributed by atoms with E-state index in [1.807, 2.05) is 0 Å². The minimum atomic E-state index is -1.76. The van der Waals surface area contributed by atoms with E-state index in [1.165, 1.54) is 44.9 Å². The van der Waals surface area contributed by atoms with Crippen molar-refractivity contribution >= 4 is 5.97 Å². The number of hydrogen-bond donors (Lipinski definition) is 7. The van der Waals surface area contributed by atoms with Gasteiger partial charge in [0.25, 0.3) is 0 Å². The highest BCUT2D eigenvalue weighted by Crippen LogP contribution is 2.29. The lowest BCUT2D eigenvalue weighted by molar-refractivity contribution is -0.376. The SMILES string of the molecule is CCCCCCCCCCCCCC(=O)O[C@@H]1[C@@H](O)[C@@H](O[C@H]2O[C@H](CO)[C@@H](O)[C@H](O)[C@H]2O)O[C@H](CO)[C@H]1O. The molecule has 0 radical (unpaired) electrons. The van der Waals surface area contributed by atoms with Crippen LogP contribution in [0.4, 0.5) is 0 Å². The number of carbonyl (C=O) groups is 1. The molecular weight excluding hydrogens is 504 g/mol. The first kappa shape index (κ1) is 33.3. The van der Waals surface area contributed by atoms with Gasteiger partial charge < -0.3 is 54.7 Å². The van der Waals surface area contributed by atoms with Gasteiger partial charge in [0.1, 0.15) is 42.7 Å². The molecule has 2 saturated heterocycles. The van der Waals surface area contributed by atoms with Gasteiger partial charge in [0.2, 0.25) is 0 Å². The van der Waals surface area contributed by atoms with Crippen LogP contribution in [0.3, 0.4) is 0 Å². The second kappa shape index (κ2) is 17.7. The Kier molecular flexibility index (Phi) is 15.5. The van der Waals surface area contributed by atoms with Gasteiger partial charge in [-0.1, -0.05) is 71.1 Å². The van der Waals surface area contributed by atoms with Crippen LogP contribution in [0.15, 0.2) is 0 Å². The summed E-state index contributed by atoms with van der Waals surface area (Å²) in [6, 6.07) is 0. The highest BCUT2D eigenvalue weighted by molar-refractivity contribution is 5.69. The molecule has 0 amide bonds. The summed E-state index contributed by atoms with van der Waals surface area (Å²) in [5.74, 6) is -0.630. The third-order valence-electron chi connectivity index (χ3n) is 7.19. The van der Waals surface area contributed by atoms with E-state index in [4.69, 9.17) is 18.9 Å². The molecule has 0 spiro atoms. The van der Waals surface area contributed by atoms with Crippen molar-refractivity contribution in [1.82, 2.24) is 0 Å². The standard InChI is InChI=1S/C26H48O12/c1-2-3-4-5-6-7-8-9-10-11-12-13-18(29)37-24-20(31)17(15-28)36-26(23(24)34)38-25-22(33)21(32)19(30)16(14-27)35-25/h16-17,19-28,30-34H,2-15H2,1H3/t16-,17-,19-,20-,21+,22-,23-,24+,25-,26-/m1/s1. The Hall–Kier alpha value is -0.930. The van der Waals surface area contributed by atoms with E-state index < -0.39 is 80.6 Å². The predicted octanol–water partition coefficient (Wildman–Crippen LogP) is -0.145. The van der Waals surface area contributed by atoms with Crippen molar-refractivity contribution in [3.05, 3.63) is 0 Å². The van der Waals surface area contributed by atoms with E-state index in [-0.39, 0.29) is 6.42 Å². The highest BCUT2D eigenvalue weighted by Gasteiger charge is 2.51. The average molecular weight is 553 g/mol. The minimum Gasteiger partial charge on any atom is -0.456 e. The Morgan fingerprint density at radius 2 is 1.11 bits per heavy atom. The molecule has 12 heteroatoms. The zero-order valence-corrected chi connectivity index (χ0v) is 22.3. The lowest BCUT2D eigenvalue weighted by Crippen LogP contribution is -2.64. The minimum absolute atomic E-state index is 0.0931. The Labute approximate surface area is 224 Å². The van der Waals surface area contributed by atoms with Gasteiger partial charge in [-0.05, 0) is 6.42 Å². The number of aliphatic hydroxyl groups is 7. The fourth-order valence-electron chi connectivity index (χ4n) is 4.76. The molecule has 0 unspecified atom stereocenters. The second-order valence-corrected chi connectivity index (χ2v) is 10.3. The predicted molar refractivity (Wildman–Crippen MR) is 134 cm³/mol. The summed E-state index contributed by atoms with van der Waals surface area (Å²) < 4.78 is 21.4. The van der Waals surface area contributed by atoms with Gasteiger partial charge in [-0.2, -0.15) is 0 Å². The van der Waals surface area contributed by atoms with Gasteiger partial charge in [-0.3, -0.25) is 4.79 Å². The molecule has 0 saturated carbocycles. The molecule has 2 aliphatic heterocycles. The van der Waals surface area contributed by atoms with Crippen molar-refractivity contribution in [1.29, 1.82) is 0 Å². The summed E-state index contributed by atoms with van der Waals surface area (Å²) in [7, 11) is 0. The Morgan fingerprint density at radius 3 is 1.63 bits per heavy atom. The molecule has 2 heterocycles. The molecular formula is C26H48O12. The van der Waals surface area contributed by atoms with Crippen molar-refractivity contribution in [2.45, 2.75) is 145 Å². The summed E-state index contributed by atoms with van der Waals surface area (Å²) in [5.41, 5.74) is 0. The second-order valence-electron chi connectivity index (χ2n) is 10.3. The van der Waals surface area contributed by atoms with E-state index in [0.717, 1.165) is 19.3 Å². The fraction of sp³-hybridized carbons (Fsp3) is 0.962. The van der Waals surface area contributed by atoms with Gasteiger partial charge in [-0.25, -0.2) is 0 Å². The Morgan fingerprint density at radius 1 is 0.632 bits per heavy atom. The molecule has 12 nitrogen and oxygen atoms in total. The molecule has 0 aromatic rings. The first-order valence-corrected chi connectivity index (χ1v) is 14.0. The third kappa shape index (κ3) is 9.92. The monoisotopic (exact) mass is 552 g/mol. The van der Waals surface area contributed by atoms with Crippen LogP contribution in [0.5, 0.6) is 0 Å². The van der Waals surface area contributed by atoms with Gasteiger partial charge >= 0.3 is 5.97 Å². The molecule has 224 valence electrons. The Bertz CT molecular complexity index is 650. The topological polar surface area (TPSA) is 196 Å². The molecule has 2 fully saturated rings. The van der Waals surface area contributed by atoms with Crippen molar-refractivity contribution in [3.8, 4) is 0 Å². The summed E-state index contributed by atoms with van der Waals surface area (Å²) in [4.78, 5) is 12.4. The van der Waals surface area contributed by atoms with Crippen LogP contribution >= 0.6 is 0 Å². The maximum absolute atomic E-state index is 12.4. The number of rotatable bonds is 17. The molecule has 0 aromatic heterocycles. The van der Waals surface area contributed by atoms with Crippen LogP contribution in [0.25, 0.3) is 0 Å². The molecule has 10 atom stereocenters. The molecule has 0 aliphatic carbocycles. The first-order valence-electron chi connectivity index (χ1n) is 14.0. The molecule has 0 aromatic carbocycles. The molecule has 2 aliphatic rings. The third-order valence-corrected chi connectivity index (χ3v) is 7.19. The van der Waals surface area contributed by atoms with Gasteiger partial charge in [0.15, 0.2) is 18.7 Å². The van der Waals surface area contributed by atoms with Gasteiger partial charge in [0, 0.05) is 6.42 Å². The zero-order chi connectivity index (χ0) is 28.1. The van der Waals surface area contributed by atoms with Crippen LogP contribution < -0.4 is 0 Å². The summed E-state index contributed by atoms with van der Waals surface area (Å²) in [5, 5.41) is 70.2. The summed E-state index contributed by atoms with van der Waals surface area (Å²) in [6.45, 7) is 0.833. The normalized spacial score (nSPS) is 35.8. The smallest absolute Gasteiger partial charge is 0.306 e. The summed E-state index contributed by atoms with van der Waals surface area (Å²) in [6.07, 6.45) is -3.20. The van der Waals surface area contributed by atoms with Crippen molar-refractivity contribution in [3.63, 3.8) is 0 Å². The maximum Gasteiger partial charge on any atom is 0.306 e. The molecule has 2 rings (SSSR count). The quantitative estimate of drug-likeness (QED) is 0.0933. The number of hydrogen-bond acceptors (Lipinski definition) is 12. The number of aliphatic hydroxyl groups excluding tert-OH is 7. The fourth-order valence-corrected chi connectivity index (χ4v) is 4.76. The number of unbranched alkanes of at least 4 members (excludes halogenated alkanes) is 10. The van der Waals surface area contributed by atoms with E-state index >= 15 is 0 Å². The van der Waals surface area contributed by atoms with E-state index in [0.29, 0.717) is 6.42 Å². The average Bonchev–Trinajstić information content (AvgIpc) is 2.91. The van der Waals surface area contributed by atoms with Gasteiger partial charge in [-0.15, -0.1) is 0 Å². The number of ether oxygens (including phenoxy) is 4. The highest BCUT2D eigenvalue weighted by atomic mass is 16.8. The van der Waals surface area contributed by atoms with Crippen LogP contribution in [0.2, 0.25) is 0 Å². The zero-order valence-electron chi connectivity index (χ0n) is 22.3. The van der Waals surface area contributed by atoms with Crippen LogP contribution in [0, 0.1) is 0 Å². The number of carbonyl (C=O) groups excluding carboxylic acids is 1.